The molecule has 0 atom stereocenters. The third-order valence-electron chi connectivity index (χ3n) is 4.67. The van der Waals surface area contributed by atoms with Crippen LogP contribution in [0.4, 0.5) is 10.5 Å². The molecule has 0 bridgehead atoms. The fraction of sp³-hybridized carbons (Fsp3) is 0.350. The van der Waals surface area contributed by atoms with Gasteiger partial charge < -0.3 is 10.2 Å². The quantitative estimate of drug-likeness (QED) is 0.561. The van der Waals surface area contributed by atoms with Crippen LogP contribution in [0, 0.1) is 0 Å². The number of pyridine rings is 1. The molecule has 0 aliphatic carbocycles. The molecule has 2 heterocycles. The minimum atomic E-state index is -0.642. The van der Waals surface area contributed by atoms with Crippen LogP contribution in [0.15, 0.2) is 36.4 Å². The van der Waals surface area contributed by atoms with Crippen LogP contribution in [0.3, 0.4) is 0 Å². The van der Waals surface area contributed by atoms with E-state index < -0.39 is 5.91 Å². The molecule has 1 aromatic carbocycles. The molecule has 142 valence electrons. The zero-order valence-electron chi connectivity index (χ0n) is 15.7. The molecule has 3 rings (SSSR count). The van der Waals surface area contributed by atoms with Crippen LogP contribution >= 0.6 is 0 Å². The summed E-state index contributed by atoms with van der Waals surface area (Å²) in [6, 6.07) is 11.0. The summed E-state index contributed by atoms with van der Waals surface area (Å²) < 4.78 is 0. The molecule has 7 heteroatoms. The summed E-state index contributed by atoms with van der Waals surface area (Å²) in [4.78, 5) is 30.0. The van der Waals surface area contributed by atoms with Gasteiger partial charge in [-0.05, 0) is 34.7 Å². The molecule has 1 aromatic heterocycles. The van der Waals surface area contributed by atoms with E-state index in [1.165, 1.54) is 11.6 Å². The number of hydrogen-bond donors (Lipinski definition) is 3. The molecule has 0 unspecified atom stereocenters. The molecule has 0 radical (unpaired) electrons. The highest BCUT2D eigenvalue weighted by Gasteiger charge is 2.23. The van der Waals surface area contributed by atoms with Crippen molar-refractivity contribution in [2.45, 2.75) is 39.2 Å². The summed E-state index contributed by atoms with van der Waals surface area (Å²) in [7, 11) is 0. The van der Waals surface area contributed by atoms with Crippen molar-refractivity contribution in [1.29, 1.82) is 0 Å². The maximum atomic E-state index is 12.6. The van der Waals surface area contributed by atoms with Crippen molar-refractivity contribution in [1.82, 2.24) is 15.4 Å². The third kappa shape index (κ3) is 4.25. The van der Waals surface area contributed by atoms with Gasteiger partial charge in [0.25, 0.3) is 5.91 Å². The average molecular weight is 368 g/mol. The zero-order chi connectivity index (χ0) is 19.6. The van der Waals surface area contributed by atoms with Gasteiger partial charge in [-0.25, -0.2) is 15.3 Å². The fourth-order valence-corrected chi connectivity index (χ4v) is 3.03. The summed E-state index contributed by atoms with van der Waals surface area (Å²) in [5.41, 5.74) is 5.44. The minimum Gasteiger partial charge on any atom is -0.320 e. The molecule has 1 aliphatic rings. The number of carbonyl (C=O) groups excluding carboxylic acids is 2. The van der Waals surface area contributed by atoms with E-state index in [0.29, 0.717) is 19.5 Å². The zero-order valence-corrected chi connectivity index (χ0v) is 15.7. The normalized spacial score (nSPS) is 13.7. The fourth-order valence-electron chi connectivity index (χ4n) is 3.03. The van der Waals surface area contributed by atoms with Gasteiger partial charge in [0.15, 0.2) is 0 Å². The maximum absolute atomic E-state index is 12.6. The Labute approximate surface area is 158 Å². The Morgan fingerprint density at radius 1 is 1.11 bits per heavy atom. The van der Waals surface area contributed by atoms with Gasteiger partial charge in [-0.2, -0.15) is 0 Å². The summed E-state index contributed by atoms with van der Waals surface area (Å²) in [5, 5.41) is 11.6. The molecule has 0 saturated carbocycles. The van der Waals surface area contributed by atoms with Crippen LogP contribution in [0.1, 0.15) is 48.1 Å². The monoisotopic (exact) mass is 368 g/mol. The molecular formula is C20H24N4O3. The van der Waals surface area contributed by atoms with Crippen LogP contribution < -0.4 is 10.8 Å². The Kier molecular flexibility index (Phi) is 5.14. The Morgan fingerprint density at radius 2 is 1.81 bits per heavy atom. The first kappa shape index (κ1) is 18.8. The molecule has 0 saturated heterocycles. The largest absolute Gasteiger partial charge is 0.322 e. The van der Waals surface area contributed by atoms with Crippen molar-refractivity contribution in [3.63, 3.8) is 0 Å². The van der Waals surface area contributed by atoms with Crippen LogP contribution in [0.2, 0.25) is 0 Å². The van der Waals surface area contributed by atoms with Gasteiger partial charge in [0.1, 0.15) is 5.69 Å². The molecule has 0 fully saturated rings. The van der Waals surface area contributed by atoms with Crippen molar-refractivity contribution in [2.75, 3.05) is 11.9 Å². The van der Waals surface area contributed by atoms with E-state index in [4.69, 9.17) is 5.21 Å². The highest BCUT2D eigenvalue weighted by Crippen LogP contribution is 2.24. The average Bonchev–Trinajstić information content (AvgIpc) is 2.66. The van der Waals surface area contributed by atoms with Gasteiger partial charge in [-0.15, -0.1) is 0 Å². The number of benzene rings is 1. The topological polar surface area (TPSA) is 94.6 Å². The van der Waals surface area contributed by atoms with Crippen molar-refractivity contribution < 1.29 is 14.8 Å². The number of rotatable bonds is 2. The van der Waals surface area contributed by atoms with Gasteiger partial charge >= 0.3 is 6.03 Å². The van der Waals surface area contributed by atoms with Gasteiger partial charge in [0.2, 0.25) is 0 Å². The van der Waals surface area contributed by atoms with Crippen molar-refractivity contribution in [3.8, 4) is 0 Å². The number of aromatic nitrogens is 1. The molecule has 7 nitrogen and oxygen atoms in total. The van der Waals surface area contributed by atoms with Crippen molar-refractivity contribution in [2.24, 2.45) is 0 Å². The summed E-state index contributed by atoms with van der Waals surface area (Å²) >= 11 is 0. The number of nitrogens with one attached hydrogen (secondary N) is 2. The molecular weight excluding hydrogens is 344 g/mol. The first-order chi connectivity index (χ1) is 12.8. The van der Waals surface area contributed by atoms with E-state index in [-0.39, 0.29) is 17.1 Å². The number of urea groups is 1. The number of nitrogens with zero attached hydrogens (tertiary/aromatic N) is 2. The number of hydrogen-bond acceptors (Lipinski definition) is 4. The molecule has 27 heavy (non-hydrogen) atoms. The minimum absolute atomic E-state index is 0.0674. The van der Waals surface area contributed by atoms with Crippen LogP contribution in [-0.4, -0.2) is 33.6 Å². The first-order valence-electron chi connectivity index (χ1n) is 8.87. The standard InChI is InChI=1S/C20H24N4O3/c1-20(2,3)14-5-7-15(8-6-14)21-19(26)24-11-10-16-13(12-24)4-9-17(22-16)18(25)23-27/h4-9,27H,10-12H2,1-3H3,(H,21,26)(H,23,25). The Balaban J connectivity index is 1.66. The van der Waals surface area contributed by atoms with E-state index in [2.05, 4.69) is 31.1 Å². The van der Waals surface area contributed by atoms with Gasteiger partial charge in [0.05, 0.1) is 0 Å². The van der Waals surface area contributed by atoms with Gasteiger partial charge in [-0.1, -0.05) is 39.0 Å². The number of fused-ring (bicyclic) bond motifs is 1. The number of amides is 3. The third-order valence-corrected chi connectivity index (χ3v) is 4.67. The highest BCUT2D eigenvalue weighted by molar-refractivity contribution is 5.91. The summed E-state index contributed by atoms with van der Waals surface area (Å²) in [6.45, 7) is 7.38. The lowest BCUT2D eigenvalue weighted by Gasteiger charge is -2.28. The highest BCUT2D eigenvalue weighted by atomic mass is 16.5. The Bertz CT molecular complexity index is 857. The SMILES string of the molecule is CC(C)(C)c1ccc(NC(=O)N2CCc3nc(C(=O)NO)ccc3C2)cc1. The maximum Gasteiger partial charge on any atom is 0.322 e. The lowest BCUT2D eigenvalue weighted by Crippen LogP contribution is -2.39. The first-order valence-corrected chi connectivity index (χ1v) is 8.87. The van der Waals surface area contributed by atoms with Crippen molar-refractivity contribution >= 4 is 17.6 Å². The number of hydroxylamine groups is 1. The smallest absolute Gasteiger partial charge is 0.320 e. The van der Waals surface area contributed by atoms with E-state index >= 15 is 0 Å². The van der Waals surface area contributed by atoms with Crippen LogP contribution in [0.5, 0.6) is 0 Å². The van der Waals surface area contributed by atoms with E-state index in [0.717, 1.165) is 16.9 Å². The second-order valence-corrected chi connectivity index (χ2v) is 7.67. The second kappa shape index (κ2) is 7.36. The van der Waals surface area contributed by atoms with Gasteiger partial charge in [0, 0.05) is 30.9 Å². The number of carbonyl (C=O) groups is 2. The van der Waals surface area contributed by atoms with E-state index in [1.54, 1.807) is 16.4 Å². The lowest BCUT2D eigenvalue weighted by molar-refractivity contribution is 0.0700. The lowest BCUT2D eigenvalue weighted by atomic mass is 9.87. The molecule has 3 amide bonds. The van der Waals surface area contributed by atoms with Gasteiger partial charge in [-0.3, -0.25) is 10.0 Å². The van der Waals surface area contributed by atoms with Crippen LogP contribution in [-0.2, 0) is 18.4 Å². The van der Waals surface area contributed by atoms with Crippen LogP contribution in [0.25, 0.3) is 0 Å². The number of anilines is 1. The molecule has 3 N–H and O–H groups in total. The summed E-state index contributed by atoms with van der Waals surface area (Å²) in [6.07, 6.45) is 0.554. The predicted molar refractivity (Wildman–Crippen MR) is 102 cm³/mol. The molecule has 0 spiro atoms. The Hall–Kier alpha value is -2.93. The molecule has 2 aromatic rings. The van der Waals surface area contributed by atoms with Crippen molar-refractivity contribution in [3.05, 3.63) is 58.9 Å². The van der Waals surface area contributed by atoms with E-state index in [1.807, 2.05) is 24.3 Å². The predicted octanol–water partition coefficient (Wildman–Crippen LogP) is 3.09. The molecule has 1 aliphatic heterocycles. The Morgan fingerprint density at radius 3 is 2.44 bits per heavy atom. The second-order valence-electron chi connectivity index (χ2n) is 7.67. The summed E-state index contributed by atoms with van der Waals surface area (Å²) in [5.74, 6) is -0.642. The van der Waals surface area contributed by atoms with E-state index in [9.17, 15) is 9.59 Å².